The van der Waals surface area contributed by atoms with Crippen LogP contribution in [0.1, 0.15) is 19.8 Å². The van der Waals surface area contributed by atoms with Gasteiger partial charge in [0.1, 0.15) is 11.4 Å². The number of nitrogens with zero attached hydrogens (tertiary/aromatic N) is 2. The normalized spacial score (nSPS) is 10.3. The van der Waals surface area contributed by atoms with Gasteiger partial charge in [-0.15, -0.1) is 0 Å². The first kappa shape index (κ1) is 12.4. The number of hydrogen-bond acceptors (Lipinski definition) is 4. The van der Waals surface area contributed by atoms with E-state index >= 15 is 0 Å². The molecular formula is C14H17N3O. The van der Waals surface area contributed by atoms with Crippen molar-refractivity contribution >= 4 is 5.82 Å². The van der Waals surface area contributed by atoms with E-state index < -0.39 is 0 Å². The van der Waals surface area contributed by atoms with E-state index in [1.807, 2.05) is 12.1 Å². The molecule has 1 heterocycles. The zero-order valence-electron chi connectivity index (χ0n) is 10.4. The van der Waals surface area contributed by atoms with Crippen LogP contribution < -0.4 is 5.32 Å². The third-order valence-corrected chi connectivity index (χ3v) is 2.66. The lowest BCUT2D eigenvalue weighted by Gasteiger charge is -2.09. The topological polar surface area (TPSA) is 58.0 Å². The Kier molecular flexibility index (Phi) is 4.12. The van der Waals surface area contributed by atoms with Crippen LogP contribution in [0.25, 0.3) is 11.3 Å². The van der Waals surface area contributed by atoms with Crippen molar-refractivity contribution in [2.75, 3.05) is 11.9 Å². The number of hydrogen-bond donors (Lipinski definition) is 2. The highest BCUT2D eigenvalue weighted by molar-refractivity contribution is 5.71. The lowest BCUT2D eigenvalue weighted by molar-refractivity contribution is 0.475. The predicted molar refractivity (Wildman–Crippen MR) is 72.5 cm³/mol. The van der Waals surface area contributed by atoms with Gasteiger partial charge in [0, 0.05) is 24.5 Å². The van der Waals surface area contributed by atoms with Gasteiger partial charge in [0.05, 0.1) is 0 Å². The molecule has 0 amide bonds. The van der Waals surface area contributed by atoms with Gasteiger partial charge in [-0.25, -0.2) is 4.98 Å². The minimum Gasteiger partial charge on any atom is -0.508 e. The van der Waals surface area contributed by atoms with Crippen molar-refractivity contribution in [2.24, 2.45) is 0 Å². The summed E-state index contributed by atoms with van der Waals surface area (Å²) in [6.07, 6.45) is 5.60. The summed E-state index contributed by atoms with van der Waals surface area (Å²) in [6, 6.07) is 6.98. The highest BCUT2D eigenvalue weighted by Gasteiger charge is 2.06. The molecule has 2 rings (SSSR count). The quantitative estimate of drug-likeness (QED) is 0.792. The average molecular weight is 243 g/mol. The van der Waals surface area contributed by atoms with Crippen LogP contribution in [0.15, 0.2) is 36.7 Å². The molecule has 0 saturated heterocycles. The Hall–Kier alpha value is -2.10. The lowest BCUT2D eigenvalue weighted by atomic mass is 10.1. The number of phenols is 1. The molecule has 2 N–H and O–H groups in total. The van der Waals surface area contributed by atoms with Gasteiger partial charge in [-0.2, -0.15) is 0 Å². The number of benzene rings is 1. The Balaban J connectivity index is 2.23. The van der Waals surface area contributed by atoms with Crippen LogP contribution in [0.3, 0.4) is 0 Å². The molecule has 0 atom stereocenters. The molecule has 0 fully saturated rings. The molecule has 2 aromatic rings. The first-order valence-corrected chi connectivity index (χ1v) is 6.15. The van der Waals surface area contributed by atoms with E-state index in [2.05, 4.69) is 22.2 Å². The molecule has 1 aromatic heterocycles. The van der Waals surface area contributed by atoms with Crippen LogP contribution in [-0.4, -0.2) is 21.6 Å². The third kappa shape index (κ3) is 2.97. The van der Waals surface area contributed by atoms with Crippen molar-refractivity contribution < 1.29 is 5.11 Å². The van der Waals surface area contributed by atoms with E-state index in [0.29, 0.717) is 0 Å². The Bertz CT molecular complexity index is 497. The van der Waals surface area contributed by atoms with Crippen LogP contribution in [0.4, 0.5) is 5.82 Å². The molecule has 0 spiro atoms. The smallest absolute Gasteiger partial charge is 0.152 e. The lowest BCUT2D eigenvalue weighted by Crippen LogP contribution is -2.05. The number of aromatic hydroxyl groups is 1. The number of phenolic OH excluding ortho intramolecular Hbond substituents is 1. The molecule has 0 unspecified atom stereocenters. The monoisotopic (exact) mass is 243 g/mol. The number of unbranched alkanes of at least 4 members (excludes halogenated alkanes) is 1. The molecule has 94 valence electrons. The molecule has 0 radical (unpaired) electrons. The molecule has 1 aromatic carbocycles. The SMILES string of the molecule is CCCCNc1nccnc1-c1ccc(O)cc1. The van der Waals surface area contributed by atoms with Gasteiger partial charge in [-0.3, -0.25) is 4.98 Å². The summed E-state index contributed by atoms with van der Waals surface area (Å²) < 4.78 is 0. The molecule has 18 heavy (non-hydrogen) atoms. The largest absolute Gasteiger partial charge is 0.508 e. The maximum atomic E-state index is 9.29. The number of nitrogens with one attached hydrogen (secondary N) is 1. The number of aromatic nitrogens is 2. The van der Waals surface area contributed by atoms with Crippen molar-refractivity contribution in [1.82, 2.24) is 9.97 Å². The minimum atomic E-state index is 0.253. The molecule has 0 aliphatic heterocycles. The highest BCUT2D eigenvalue weighted by atomic mass is 16.3. The van der Waals surface area contributed by atoms with Crippen LogP contribution in [-0.2, 0) is 0 Å². The van der Waals surface area contributed by atoms with Crippen molar-refractivity contribution in [1.29, 1.82) is 0 Å². The van der Waals surface area contributed by atoms with E-state index in [-0.39, 0.29) is 5.75 Å². The Labute approximate surface area is 107 Å². The average Bonchev–Trinajstić information content (AvgIpc) is 2.41. The van der Waals surface area contributed by atoms with Gasteiger partial charge < -0.3 is 10.4 Å². The summed E-state index contributed by atoms with van der Waals surface area (Å²) in [5.41, 5.74) is 1.76. The van der Waals surface area contributed by atoms with E-state index in [9.17, 15) is 5.11 Å². The highest BCUT2D eigenvalue weighted by Crippen LogP contribution is 2.25. The van der Waals surface area contributed by atoms with Crippen LogP contribution >= 0.6 is 0 Å². The molecule has 0 aliphatic rings. The number of rotatable bonds is 5. The number of anilines is 1. The fraction of sp³-hybridized carbons (Fsp3) is 0.286. The van der Waals surface area contributed by atoms with Gasteiger partial charge in [0.15, 0.2) is 5.82 Å². The van der Waals surface area contributed by atoms with Crippen molar-refractivity contribution in [3.63, 3.8) is 0 Å². The molecule has 0 saturated carbocycles. The summed E-state index contributed by atoms with van der Waals surface area (Å²) in [6.45, 7) is 3.04. The first-order valence-electron chi connectivity index (χ1n) is 6.15. The molecule has 0 aliphatic carbocycles. The summed E-state index contributed by atoms with van der Waals surface area (Å²) >= 11 is 0. The van der Waals surface area contributed by atoms with Crippen molar-refractivity contribution in [3.05, 3.63) is 36.7 Å². The van der Waals surface area contributed by atoms with Gasteiger partial charge in [0.2, 0.25) is 0 Å². The van der Waals surface area contributed by atoms with Crippen LogP contribution in [0, 0.1) is 0 Å². The molecule has 4 heteroatoms. The fourth-order valence-corrected chi connectivity index (χ4v) is 1.68. The second kappa shape index (κ2) is 6.00. The second-order valence-corrected chi connectivity index (χ2v) is 4.08. The van der Waals surface area contributed by atoms with Gasteiger partial charge in [-0.05, 0) is 30.7 Å². The van der Waals surface area contributed by atoms with Gasteiger partial charge in [-0.1, -0.05) is 13.3 Å². The van der Waals surface area contributed by atoms with Crippen molar-refractivity contribution in [2.45, 2.75) is 19.8 Å². The zero-order valence-corrected chi connectivity index (χ0v) is 10.4. The Morgan fingerprint density at radius 2 is 1.83 bits per heavy atom. The Morgan fingerprint density at radius 1 is 1.11 bits per heavy atom. The molecular weight excluding hydrogens is 226 g/mol. The van der Waals surface area contributed by atoms with Gasteiger partial charge >= 0.3 is 0 Å². The van der Waals surface area contributed by atoms with Crippen molar-refractivity contribution in [3.8, 4) is 17.0 Å². The van der Waals surface area contributed by atoms with E-state index in [0.717, 1.165) is 36.5 Å². The zero-order chi connectivity index (χ0) is 12.8. The predicted octanol–water partition coefficient (Wildman–Crippen LogP) is 3.06. The molecule has 0 bridgehead atoms. The van der Waals surface area contributed by atoms with E-state index in [1.165, 1.54) is 0 Å². The minimum absolute atomic E-state index is 0.253. The Morgan fingerprint density at radius 3 is 2.56 bits per heavy atom. The summed E-state index contributed by atoms with van der Waals surface area (Å²) in [5, 5.41) is 12.6. The van der Waals surface area contributed by atoms with Gasteiger partial charge in [0.25, 0.3) is 0 Å². The third-order valence-electron chi connectivity index (χ3n) is 2.66. The summed E-state index contributed by atoms with van der Waals surface area (Å²) in [4.78, 5) is 8.66. The fourth-order valence-electron chi connectivity index (χ4n) is 1.68. The van der Waals surface area contributed by atoms with Crippen LogP contribution in [0.2, 0.25) is 0 Å². The van der Waals surface area contributed by atoms with E-state index in [1.54, 1.807) is 24.5 Å². The first-order chi connectivity index (χ1) is 8.81. The molecule has 4 nitrogen and oxygen atoms in total. The summed E-state index contributed by atoms with van der Waals surface area (Å²) in [5.74, 6) is 1.04. The summed E-state index contributed by atoms with van der Waals surface area (Å²) in [7, 11) is 0. The maximum absolute atomic E-state index is 9.29. The van der Waals surface area contributed by atoms with Crippen LogP contribution in [0.5, 0.6) is 5.75 Å². The second-order valence-electron chi connectivity index (χ2n) is 4.08. The standard InChI is InChI=1S/C14H17N3O/c1-2-3-8-16-14-13(15-9-10-17-14)11-4-6-12(18)7-5-11/h4-7,9-10,18H,2-3,8H2,1H3,(H,16,17). The maximum Gasteiger partial charge on any atom is 0.152 e. The van der Waals surface area contributed by atoms with E-state index in [4.69, 9.17) is 0 Å².